The number of benzene rings is 1. The SMILES string of the molecule is [CH2]Cc1ccccc1[N+](=O)[O-]. The van der Waals surface area contributed by atoms with E-state index in [1.165, 1.54) is 6.07 Å². The number of rotatable bonds is 2. The number of nitro groups is 1. The van der Waals surface area contributed by atoms with E-state index < -0.39 is 0 Å². The summed E-state index contributed by atoms with van der Waals surface area (Å²) in [6, 6.07) is 6.62. The second kappa shape index (κ2) is 3.14. The van der Waals surface area contributed by atoms with Crippen molar-refractivity contribution in [2.75, 3.05) is 0 Å². The molecule has 0 heterocycles. The lowest BCUT2D eigenvalue weighted by Crippen LogP contribution is -1.92. The molecule has 0 amide bonds. The molecule has 0 saturated carbocycles. The van der Waals surface area contributed by atoms with Crippen LogP contribution in [0, 0.1) is 17.0 Å². The van der Waals surface area contributed by atoms with E-state index in [-0.39, 0.29) is 10.6 Å². The number of hydrogen-bond donors (Lipinski definition) is 0. The van der Waals surface area contributed by atoms with E-state index in [2.05, 4.69) is 6.92 Å². The van der Waals surface area contributed by atoms with Crippen molar-refractivity contribution in [1.29, 1.82) is 0 Å². The number of nitro benzene ring substituents is 1. The summed E-state index contributed by atoms with van der Waals surface area (Å²) in [6.07, 6.45) is 0.456. The van der Waals surface area contributed by atoms with Crippen molar-refractivity contribution in [3.63, 3.8) is 0 Å². The van der Waals surface area contributed by atoms with Gasteiger partial charge in [0.25, 0.3) is 5.69 Å². The highest BCUT2D eigenvalue weighted by molar-refractivity contribution is 5.39. The molecule has 57 valence electrons. The van der Waals surface area contributed by atoms with Gasteiger partial charge in [0.1, 0.15) is 0 Å². The molecule has 0 N–H and O–H groups in total. The first-order valence-corrected chi connectivity index (χ1v) is 3.27. The van der Waals surface area contributed by atoms with E-state index in [0.29, 0.717) is 12.0 Å². The van der Waals surface area contributed by atoms with E-state index in [0.717, 1.165) is 0 Å². The lowest BCUT2D eigenvalue weighted by Gasteiger charge is -1.96. The van der Waals surface area contributed by atoms with Gasteiger partial charge >= 0.3 is 0 Å². The van der Waals surface area contributed by atoms with Gasteiger partial charge in [0.15, 0.2) is 0 Å². The van der Waals surface area contributed by atoms with Crippen molar-refractivity contribution in [1.82, 2.24) is 0 Å². The summed E-state index contributed by atoms with van der Waals surface area (Å²) < 4.78 is 0. The molecule has 3 heteroatoms. The van der Waals surface area contributed by atoms with Crippen LogP contribution in [0.1, 0.15) is 5.56 Å². The van der Waals surface area contributed by atoms with Gasteiger partial charge in [0.2, 0.25) is 0 Å². The summed E-state index contributed by atoms with van der Waals surface area (Å²) in [7, 11) is 0. The molecule has 1 radical (unpaired) electrons. The zero-order valence-electron chi connectivity index (χ0n) is 5.99. The Morgan fingerprint density at radius 1 is 1.45 bits per heavy atom. The maximum Gasteiger partial charge on any atom is 0.272 e. The summed E-state index contributed by atoms with van der Waals surface area (Å²) in [6.45, 7) is 3.59. The van der Waals surface area contributed by atoms with Crippen LogP contribution in [0.4, 0.5) is 5.69 Å². The van der Waals surface area contributed by atoms with Crippen LogP contribution in [-0.2, 0) is 6.42 Å². The largest absolute Gasteiger partial charge is 0.272 e. The minimum Gasteiger partial charge on any atom is -0.258 e. The predicted octanol–water partition coefficient (Wildman–Crippen LogP) is 1.97. The monoisotopic (exact) mass is 150 g/mol. The zero-order valence-corrected chi connectivity index (χ0v) is 5.99. The molecule has 1 rings (SSSR count). The summed E-state index contributed by atoms with van der Waals surface area (Å²) in [5.74, 6) is 0. The summed E-state index contributed by atoms with van der Waals surface area (Å²) in [5, 5.41) is 10.4. The molecule has 0 aliphatic heterocycles. The lowest BCUT2D eigenvalue weighted by atomic mass is 10.1. The van der Waals surface area contributed by atoms with Crippen molar-refractivity contribution < 1.29 is 4.92 Å². The van der Waals surface area contributed by atoms with E-state index in [1.54, 1.807) is 18.2 Å². The molecule has 1 aromatic carbocycles. The molecule has 3 nitrogen and oxygen atoms in total. The highest BCUT2D eigenvalue weighted by atomic mass is 16.6. The molecular formula is C8H8NO2. The van der Waals surface area contributed by atoms with Gasteiger partial charge in [-0.3, -0.25) is 10.1 Å². The Kier molecular flexibility index (Phi) is 2.21. The topological polar surface area (TPSA) is 43.1 Å². The fourth-order valence-electron chi connectivity index (χ4n) is 0.900. The molecule has 0 bridgehead atoms. The first kappa shape index (κ1) is 7.72. The highest BCUT2D eigenvalue weighted by Crippen LogP contribution is 2.17. The first-order valence-electron chi connectivity index (χ1n) is 3.27. The maximum atomic E-state index is 10.4. The van der Waals surface area contributed by atoms with Crippen LogP contribution in [0.2, 0.25) is 0 Å². The molecule has 0 aliphatic carbocycles. The number of para-hydroxylation sites is 1. The van der Waals surface area contributed by atoms with Gasteiger partial charge in [-0.25, -0.2) is 0 Å². The van der Waals surface area contributed by atoms with E-state index in [1.807, 2.05) is 0 Å². The third-order valence-electron chi connectivity index (χ3n) is 1.46. The molecule has 0 atom stereocenters. The molecule has 11 heavy (non-hydrogen) atoms. The maximum absolute atomic E-state index is 10.4. The van der Waals surface area contributed by atoms with Crippen LogP contribution in [0.25, 0.3) is 0 Å². The molecule has 0 spiro atoms. The van der Waals surface area contributed by atoms with E-state index in [9.17, 15) is 10.1 Å². The minimum absolute atomic E-state index is 0.155. The molecule has 0 saturated heterocycles. The normalized spacial score (nSPS) is 9.55. The van der Waals surface area contributed by atoms with Crippen molar-refractivity contribution in [2.45, 2.75) is 6.42 Å². The predicted molar refractivity (Wildman–Crippen MR) is 42.2 cm³/mol. The third-order valence-corrected chi connectivity index (χ3v) is 1.46. The van der Waals surface area contributed by atoms with Crippen molar-refractivity contribution in [3.8, 4) is 0 Å². The van der Waals surface area contributed by atoms with Gasteiger partial charge in [-0.1, -0.05) is 18.2 Å². The van der Waals surface area contributed by atoms with Crippen LogP contribution >= 0.6 is 0 Å². The number of hydrogen-bond acceptors (Lipinski definition) is 2. The van der Waals surface area contributed by atoms with Crippen LogP contribution in [0.5, 0.6) is 0 Å². The Morgan fingerprint density at radius 2 is 2.09 bits per heavy atom. The van der Waals surface area contributed by atoms with Gasteiger partial charge in [0.05, 0.1) is 4.92 Å². The second-order valence-corrected chi connectivity index (χ2v) is 2.14. The number of nitrogens with zero attached hydrogens (tertiary/aromatic N) is 1. The van der Waals surface area contributed by atoms with Crippen LogP contribution < -0.4 is 0 Å². The molecule has 0 aliphatic rings. The quantitative estimate of drug-likeness (QED) is 0.477. The lowest BCUT2D eigenvalue weighted by molar-refractivity contribution is -0.385. The van der Waals surface area contributed by atoms with Gasteiger partial charge in [-0.15, -0.1) is 0 Å². The van der Waals surface area contributed by atoms with Gasteiger partial charge < -0.3 is 0 Å². The Labute approximate surface area is 64.8 Å². The van der Waals surface area contributed by atoms with Gasteiger partial charge in [0, 0.05) is 11.6 Å². The first-order chi connectivity index (χ1) is 5.25. The Balaban J connectivity index is 3.12. The average molecular weight is 150 g/mol. The third kappa shape index (κ3) is 1.55. The van der Waals surface area contributed by atoms with Crippen LogP contribution in [0.3, 0.4) is 0 Å². The average Bonchev–Trinajstić information content (AvgIpc) is 2.04. The van der Waals surface area contributed by atoms with Crippen LogP contribution in [0.15, 0.2) is 24.3 Å². The molecule has 0 aromatic heterocycles. The smallest absolute Gasteiger partial charge is 0.258 e. The zero-order chi connectivity index (χ0) is 8.27. The van der Waals surface area contributed by atoms with Gasteiger partial charge in [-0.2, -0.15) is 0 Å². The van der Waals surface area contributed by atoms with Crippen molar-refractivity contribution in [2.24, 2.45) is 0 Å². The van der Waals surface area contributed by atoms with E-state index in [4.69, 9.17) is 0 Å². The Morgan fingerprint density at radius 3 is 2.55 bits per heavy atom. The summed E-state index contributed by atoms with van der Waals surface area (Å²) >= 11 is 0. The Bertz CT molecular complexity index is 271. The summed E-state index contributed by atoms with van der Waals surface area (Å²) in [4.78, 5) is 9.97. The molecule has 0 fully saturated rings. The fraction of sp³-hybridized carbons (Fsp3) is 0.125. The fourth-order valence-corrected chi connectivity index (χ4v) is 0.900. The van der Waals surface area contributed by atoms with E-state index >= 15 is 0 Å². The van der Waals surface area contributed by atoms with Crippen molar-refractivity contribution in [3.05, 3.63) is 46.9 Å². The second-order valence-electron chi connectivity index (χ2n) is 2.14. The van der Waals surface area contributed by atoms with Crippen molar-refractivity contribution >= 4 is 5.69 Å². The molecule has 1 aromatic rings. The molecular weight excluding hydrogens is 142 g/mol. The standard InChI is InChI=1S/C8H8NO2/c1-2-7-5-3-4-6-8(7)9(10)11/h3-6H,1-2H2. The minimum atomic E-state index is -0.388. The Hall–Kier alpha value is -1.38. The summed E-state index contributed by atoms with van der Waals surface area (Å²) in [5.41, 5.74) is 0.833. The van der Waals surface area contributed by atoms with Crippen LogP contribution in [-0.4, -0.2) is 4.92 Å². The molecule has 0 unspecified atom stereocenters. The highest BCUT2D eigenvalue weighted by Gasteiger charge is 2.08. The van der Waals surface area contributed by atoms with Gasteiger partial charge in [-0.05, 0) is 13.3 Å².